The van der Waals surface area contributed by atoms with E-state index in [0.29, 0.717) is 10.9 Å². The summed E-state index contributed by atoms with van der Waals surface area (Å²) in [6.07, 6.45) is 2.37. The van der Waals surface area contributed by atoms with Gasteiger partial charge in [-0.15, -0.1) is 10.2 Å². The van der Waals surface area contributed by atoms with Gasteiger partial charge in [-0.25, -0.2) is 18.2 Å². The number of amides is 1. The van der Waals surface area contributed by atoms with Crippen LogP contribution in [0.25, 0.3) is 16.9 Å². The Morgan fingerprint density at radius 1 is 1.18 bits per heavy atom. The van der Waals surface area contributed by atoms with Gasteiger partial charge in [0.05, 0.1) is 18.9 Å². The number of rotatable bonds is 6. The van der Waals surface area contributed by atoms with Crippen molar-refractivity contribution in [2.45, 2.75) is 19.3 Å². The van der Waals surface area contributed by atoms with Gasteiger partial charge in [0.25, 0.3) is 17.9 Å². The maximum absolute atomic E-state index is 13.9. The highest BCUT2D eigenvalue weighted by molar-refractivity contribution is 7.15. The Kier molecular flexibility index (Phi) is 6.89. The van der Waals surface area contributed by atoms with Crippen molar-refractivity contribution in [2.24, 2.45) is 5.92 Å². The zero-order valence-corrected chi connectivity index (χ0v) is 20.4. The third-order valence-electron chi connectivity index (χ3n) is 5.48. The minimum Gasteiger partial charge on any atom is -0.494 e. The summed E-state index contributed by atoms with van der Waals surface area (Å²) in [5.74, 6) is 5.00. The number of alkyl halides is 2. The normalized spacial score (nSPS) is 12.7. The van der Waals surface area contributed by atoms with E-state index in [1.165, 1.54) is 13.2 Å². The van der Waals surface area contributed by atoms with E-state index in [1.54, 1.807) is 0 Å². The zero-order valence-electron chi connectivity index (χ0n) is 19.6. The Morgan fingerprint density at radius 2 is 2.00 bits per heavy atom. The van der Waals surface area contributed by atoms with Gasteiger partial charge >= 0.3 is 0 Å². The fourth-order valence-corrected chi connectivity index (χ4v) is 4.05. The molecule has 1 aliphatic rings. The van der Waals surface area contributed by atoms with Crippen LogP contribution < -0.4 is 15.6 Å². The fourth-order valence-electron chi connectivity index (χ4n) is 3.45. The molecule has 0 saturated heterocycles. The molecule has 4 aromatic heterocycles. The molecular weight excluding hydrogens is 521 g/mol. The van der Waals surface area contributed by atoms with Crippen LogP contribution in [0.2, 0.25) is 0 Å². The number of hydrogen-bond donors (Lipinski definition) is 1. The monoisotopic (exact) mass is 538 g/mol. The minimum atomic E-state index is -2.90. The molecule has 1 amide bonds. The van der Waals surface area contributed by atoms with Crippen LogP contribution in [0.3, 0.4) is 0 Å². The lowest BCUT2D eigenvalue weighted by atomic mass is 10.00. The maximum Gasteiger partial charge on any atom is 0.280 e. The van der Waals surface area contributed by atoms with Crippen molar-refractivity contribution >= 4 is 22.4 Å². The molecule has 9 nitrogen and oxygen atoms in total. The Bertz CT molecular complexity index is 1660. The van der Waals surface area contributed by atoms with Crippen molar-refractivity contribution in [3.63, 3.8) is 0 Å². The molecule has 192 valence electrons. The summed E-state index contributed by atoms with van der Waals surface area (Å²) < 4.78 is 47.1. The molecule has 0 spiro atoms. The van der Waals surface area contributed by atoms with Gasteiger partial charge in [0.1, 0.15) is 23.1 Å². The van der Waals surface area contributed by atoms with Crippen LogP contribution in [0.4, 0.5) is 18.3 Å². The first-order valence-corrected chi connectivity index (χ1v) is 12.0. The maximum atomic E-state index is 13.9. The van der Waals surface area contributed by atoms with Gasteiger partial charge in [-0.2, -0.15) is 0 Å². The lowest BCUT2D eigenvalue weighted by molar-refractivity contribution is 0.102. The first kappa shape index (κ1) is 25.1. The number of carbonyl (C=O) groups excluding carboxylic acids is 1. The molecule has 1 aliphatic carbocycles. The van der Waals surface area contributed by atoms with Gasteiger partial charge in [0.15, 0.2) is 5.01 Å². The summed E-state index contributed by atoms with van der Waals surface area (Å²) in [5.41, 5.74) is -1.03. The molecular formula is C25H17F3N6O3S. The number of nitrogens with zero attached hydrogens (tertiary/aromatic N) is 5. The van der Waals surface area contributed by atoms with E-state index in [4.69, 9.17) is 4.74 Å². The second-order valence-corrected chi connectivity index (χ2v) is 9.14. The van der Waals surface area contributed by atoms with Crippen molar-refractivity contribution < 1.29 is 22.7 Å². The summed E-state index contributed by atoms with van der Waals surface area (Å²) in [4.78, 5) is 33.5. The van der Waals surface area contributed by atoms with Gasteiger partial charge < -0.3 is 4.74 Å². The number of halogens is 3. The summed E-state index contributed by atoms with van der Waals surface area (Å²) in [5, 5.41) is 11.1. The second kappa shape index (κ2) is 10.4. The van der Waals surface area contributed by atoms with E-state index >= 15 is 0 Å². The van der Waals surface area contributed by atoms with E-state index in [9.17, 15) is 22.8 Å². The molecule has 5 rings (SSSR count). The molecule has 0 aromatic carbocycles. The van der Waals surface area contributed by atoms with Crippen LogP contribution in [0.1, 0.15) is 40.3 Å². The summed E-state index contributed by atoms with van der Waals surface area (Å²) in [6.45, 7) is 0. The van der Waals surface area contributed by atoms with Crippen LogP contribution >= 0.6 is 11.3 Å². The summed E-state index contributed by atoms with van der Waals surface area (Å²) in [7, 11) is 1.31. The van der Waals surface area contributed by atoms with E-state index in [2.05, 4.69) is 37.3 Å². The average molecular weight is 539 g/mol. The summed E-state index contributed by atoms with van der Waals surface area (Å²) in [6, 6.07) is 4.38. The molecule has 4 heterocycles. The van der Waals surface area contributed by atoms with Crippen LogP contribution in [0.15, 0.2) is 47.7 Å². The van der Waals surface area contributed by atoms with Gasteiger partial charge in [-0.05, 0) is 37.0 Å². The lowest BCUT2D eigenvalue weighted by Crippen LogP contribution is -2.19. The number of carbonyl (C=O) groups is 1. The average Bonchev–Trinajstić information content (AvgIpc) is 3.65. The molecule has 13 heteroatoms. The molecule has 1 N–H and O–H groups in total. The van der Waals surface area contributed by atoms with Crippen molar-refractivity contribution in [3.8, 4) is 34.5 Å². The number of nitrogens with one attached hydrogen (secondary N) is 1. The molecule has 38 heavy (non-hydrogen) atoms. The Morgan fingerprint density at radius 3 is 2.74 bits per heavy atom. The topological polar surface area (TPSA) is 112 Å². The number of hydrogen-bond acceptors (Lipinski definition) is 8. The van der Waals surface area contributed by atoms with Crippen LogP contribution in [0.5, 0.6) is 5.75 Å². The largest absolute Gasteiger partial charge is 0.494 e. The molecule has 1 saturated carbocycles. The van der Waals surface area contributed by atoms with Crippen LogP contribution in [-0.2, 0) is 0 Å². The second-order valence-electron chi connectivity index (χ2n) is 8.16. The number of pyridine rings is 3. The molecule has 0 atom stereocenters. The molecule has 4 aromatic rings. The number of ether oxygens (including phenoxy) is 1. The van der Waals surface area contributed by atoms with Crippen molar-refractivity contribution in [1.29, 1.82) is 0 Å². The standard InChI is InChI=1S/C25H17F3N6O3S/c1-37-19-11-29-18(23(27)28)8-16(19)15-9-20(34-12-14(26)5-7-22(34)35)30-10-17(15)24(36)31-25-33-32-21(38-25)6-4-13-2-3-13/h5,7-13,23H,2-3H2,1H3,(H,31,33,36). The summed E-state index contributed by atoms with van der Waals surface area (Å²) >= 11 is 1.08. The van der Waals surface area contributed by atoms with Gasteiger partial charge in [0.2, 0.25) is 5.13 Å². The lowest BCUT2D eigenvalue weighted by Gasteiger charge is -2.15. The van der Waals surface area contributed by atoms with Gasteiger partial charge in [-0.3, -0.25) is 24.5 Å². The zero-order chi connectivity index (χ0) is 26.8. The van der Waals surface area contributed by atoms with Crippen molar-refractivity contribution in [2.75, 3.05) is 12.4 Å². The van der Waals surface area contributed by atoms with Crippen LogP contribution in [-0.4, -0.2) is 37.7 Å². The highest BCUT2D eigenvalue weighted by Crippen LogP contribution is 2.35. The molecule has 0 radical (unpaired) electrons. The molecule has 0 unspecified atom stereocenters. The molecule has 0 aliphatic heterocycles. The van der Waals surface area contributed by atoms with Gasteiger partial charge in [0, 0.05) is 35.5 Å². The SMILES string of the molecule is COc1cnc(C(F)F)cc1-c1cc(-n2cc(F)ccc2=O)ncc1C(=O)Nc1nnc(C#CC2CC2)s1. The Labute approximate surface area is 217 Å². The Balaban J connectivity index is 1.59. The minimum absolute atomic E-state index is 0.0490. The van der Waals surface area contributed by atoms with E-state index in [1.807, 2.05) is 0 Å². The predicted molar refractivity (Wildman–Crippen MR) is 132 cm³/mol. The quantitative estimate of drug-likeness (QED) is 0.366. The predicted octanol–water partition coefficient (Wildman–Crippen LogP) is 4.25. The number of methoxy groups -OCH3 is 1. The first-order valence-electron chi connectivity index (χ1n) is 11.2. The molecule has 1 fully saturated rings. The van der Waals surface area contributed by atoms with Crippen molar-refractivity contribution in [3.05, 3.63) is 75.3 Å². The number of aromatic nitrogens is 5. The third kappa shape index (κ3) is 5.40. The first-order chi connectivity index (χ1) is 18.3. The van der Waals surface area contributed by atoms with Gasteiger partial charge in [-0.1, -0.05) is 17.3 Å². The molecule has 0 bridgehead atoms. The van der Waals surface area contributed by atoms with E-state index in [-0.39, 0.29) is 33.4 Å². The Hall–Kier alpha value is -4.57. The highest BCUT2D eigenvalue weighted by atomic mass is 32.1. The van der Waals surface area contributed by atoms with Crippen molar-refractivity contribution in [1.82, 2.24) is 24.7 Å². The number of anilines is 1. The third-order valence-corrected chi connectivity index (χ3v) is 6.24. The fraction of sp³-hybridized carbons (Fsp3) is 0.200. The van der Waals surface area contributed by atoms with Crippen LogP contribution in [0, 0.1) is 23.6 Å². The van der Waals surface area contributed by atoms with E-state index < -0.39 is 29.4 Å². The smallest absolute Gasteiger partial charge is 0.280 e. The highest BCUT2D eigenvalue weighted by Gasteiger charge is 2.22. The van der Waals surface area contributed by atoms with E-state index in [0.717, 1.165) is 65.5 Å².